The summed E-state index contributed by atoms with van der Waals surface area (Å²) >= 11 is 0. The quantitative estimate of drug-likeness (QED) is 0.563. The summed E-state index contributed by atoms with van der Waals surface area (Å²) < 4.78 is 0. The van der Waals surface area contributed by atoms with E-state index in [0.717, 1.165) is 11.5 Å². The number of nitrogens with two attached hydrogens (primary N) is 1. The maximum absolute atomic E-state index is 10.3. The van der Waals surface area contributed by atoms with Crippen LogP contribution in [0.15, 0.2) is 0 Å². The van der Waals surface area contributed by atoms with Crippen LogP contribution in [0.4, 0.5) is 4.79 Å². The van der Waals surface area contributed by atoms with Gasteiger partial charge in [0.2, 0.25) is 0 Å². The fraction of sp³-hybridized carbons (Fsp3) is 0.800. The van der Waals surface area contributed by atoms with Crippen molar-refractivity contribution < 1.29 is 9.63 Å². The number of rotatable bonds is 3. The van der Waals surface area contributed by atoms with Crippen molar-refractivity contribution in [2.45, 2.75) is 13.3 Å². The summed E-state index contributed by atoms with van der Waals surface area (Å²) in [5.41, 5.74) is 4.90. The topological polar surface area (TPSA) is 55.6 Å². The fourth-order valence-corrected chi connectivity index (χ4v) is 0.495. The maximum Gasteiger partial charge on any atom is 0.338 e. The molecule has 4 nitrogen and oxygen atoms in total. The van der Waals surface area contributed by atoms with E-state index in [4.69, 9.17) is 5.73 Å². The van der Waals surface area contributed by atoms with E-state index in [9.17, 15) is 4.79 Å². The van der Waals surface area contributed by atoms with E-state index in [1.807, 2.05) is 6.92 Å². The van der Waals surface area contributed by atoms with Gasteiger partial charge in [0, 0.05) is 0 Å². The first kappa shape index (κ1) is 8.23. The van der Waals surface area contributed by atoms with E-state index < -0.39 is 6.03 Å². The molecule has 0 aliphatic rings. The molecular formula is C5H12N2O2. The van der Waals surface area contributed by atoms with Crippen molar-refractivity contribution in [3.05, 3.63) is 0 Å². The summed E-state index contributed by atoms with van der Waals surface area (Å²) in [6.07, 6.45) is 0.844. The van der Waals surface area contributed by atoms with Crippen molar-refractivity contribution >= 4 is 6.03 Å². The lowest BCUT2D eigenvalue weighted by atomic mass is 10.5. The zero-order chi connectivity index (χ0) is 7.28. The first-order valence-corrected chi connectivity index (χ1v) is 2.83. The summed E-state index contributed by atoms with van der Waals surface area (Å²) in [5.74, 6) is 0. The maximum atomic E-state index is 10.3. The predicted molar refractivity (Wildman–Crippen MR) is 33.6 cm³/mol. The zero-order valence-electron chi connectivity index (χ0n) is 5.76. The van der Waals surface area contributed by atoms with Crippen molar-refractivity contribution in [1.82, 2.24) is 5.06 Å². The highest BCUT2D eigenvalue weighted by atomic mass is 16.7. The molecule has 0 radical (unpaired) electrons. The standard InChI is InChI=1S/C5H12N2O2/c1-3-4-7(9-2)5(6)8/h3-4H2,1-2H3,(H2,6,8). The molecular weight excluding hydrogens is 120 g/mol. The first-order chi connectivity index (χ1) is 4.22. The molecule has 0 aromatic carbocycles. The van der Waals surface area contributed by atoms with Gasteiger partial charge in [-0.2, -0.15) is 0 Å². The van der Waals surface area contributed by atoms with Gasteiger partial charge < -0.3 is 5.73 Å². The molecule has 0 spiro atoms. The van der Waals surface area contributed by atoms with Crippen molar-refractivity contribution in [2.24, 2.45) is 5.73 Å². The van der Waals surface area contributed by atoms with Gasteiger partial charge in [-0.3, -0.25) is 4.84 Å². The Morgan fingerprint density at radius 2 is 2.33 bits per heavy atom. The average molecular weight is 132 g/mol. The van der Waals surface area contributed by atoms with Crippen LogP contribution in [0.3, 0.4) is 0 Å². The van der Waals surface area contributed by atoms with Crippen LogP contribution in [0.2, 0.25) is 0 Å². The summed E-state index contributed by atoms with van der Waals surface area (Å²) in [6.45, 7) is 2.49. The van der Waals surface area contributed by atoms with Gasteiger partial charge in [0.15, 0.2) is 0 Å². The molecule has 0 aliphatic heterocycles. The van der Waals surface area contributed by atoms with E-state index in [2.05, 4.69) is 4.84 Å². The van der Waals surface area contributed by atoms with Gasteiger partial charge in [-0.15, -0.1) is 0 Å². The number of carbonyl (C=O) groups excluding carboxylic acids is 1. The van der Waals surface area contributed by atoms with Crippen molar-refractivity contribution in [3.8, 4) is 0 Å². The third-order valence-electron chi connectivity index (χ3n) is 0.893. The predicted octanol–water partition coefficient (Wildman–Crippen LogP) is 0.339. The highest BCUT2D eigenvalue weighted by Crippen LogP contribution is 1.88. The number of hydrogen-bond donors (Lipinski definition) is 1. The molecule has 0 aromatic heterocycles. The third-order valence-corrected chi connectivity index (χ3v) is 0.893. The normalized spacial score (nSPS) is 9.11. The van der Waals surface area contributed by atoms with Crippen LogP contribution in [0.1, 0.15) is 13.3 Å². The largest absolute Gasteiger partial charge is 0.350 e. The number of primary amides is 1. The fourth-order valence-electron chi connectivity index (χ4n) is 0.495. The number of hydroxylamine groups is 2. The third kappa shape index (κ3) is 2.92. The molecule has 0 atom stereocenters. The van der Waals surface area contributed by atoms with Gasteiger partial charge in [0.25, 0.3) is 0 Å². The molecule has 0 fully saturated rings. The highest BCUT2D eigenvalue weighted by molar-refractivity contribution is 5.70. The molecule has 0 saturated heterocycles. The molecule has 2 amide bonds. The van der Waals surface area contributed by atoms with Gasteiger partial charge in [-0.1, -0.05) is 6.92 Å². The van der Waals surface area contributed by atoms with Crippen LogP contribution in [0, 0.1) is 0 Å². The van der Waals surface area contributed by atoms with E-state index in [-0.39, 0.29) is 0 Å². The van der Waals surface area contributed by atoms with Crippen LogP contribution in [0.5, 0.6) is 0 Å². The first-order valence-electron chi connectivity index (χ1n) is 2.83. The number of carbonyl (C=O) groups is 1. The van der Waals surface area contributed by atoms with Crippen molar-refractivity contribution in [2.75, 3.05) is 13.7 Å². The molecule has 9 heavy (non-hydrogen) atoms. The molecule has 0 aliphatic carbocycles. The Labute approximate surface area is 54.5 Å². The summed E-state index contributed by atoms with van der Waals surface area (Å²) in [4.78, 5) is 15.0. The summed E-state index contributed by atoms with van der Waals surface area (Å²) in [5, 5.41) is 1.11. The smallest absolute Gasteiger partial charge is 0.338 e. The monoisotopic (exact) mass is 132 g/mol. The van der Waals surface area contributed by atoms with E-state index in [1.165, 1.54) is 7.11 Å². The lowest BCUT2D eigenvalue weighted by Crippen LogP contribution is -2.35. The summed E-state index contributed by atoms with van der Waals surface area (Å²) in [6, 6.07) is -0.542. The molecule has 4 heteroatoms. The van der Waals surface area contributed by atoms with Crippen LogP contribution in [0.25, 0.3) is 0 Å². The number of hydrogen-bond acceptors (Lipinski definition) is 2. The molecule has 0 unspecified atom stereocenters. The van der Waals surface area contributed by atoms with E-state index >= 15 is 0 Å². The molecule has 54 valence electrons. The van der Waals surface area contributed by atoms with Crippen LogP contribution < -0.4 is 5.73 Å². The molecule has 2 N–H and O–H groups in total. The molecule has 0 rings (SSSR count). The van der Waals surface area contributed by atoms with Gasteiger partial charge in [-0.25, -0.2) is 9.86 Å². The van der Waals surface area contributed by atoms with Gasteiger partial charge in [0.05, 0.1) is 13.7 Å². The minimum Gasteiger partial charge on any atom is -0.350 e. The Morgan fingerprint density at radius 3 is 2.44 bits per heavy atom. The SMILES string of the molecule is CCCN(OC)C(N)=O. The molecule has 0 aromatic rings. The summed E-state index contributed by atoms with van der Waals surface area (Å²) in [7, 11) is 1.42. The molecule has 0 bridgehead atoms. The van der Waals surface area contributed by atoms with E-state index in [0.29, 0.717) is 6.54 Å². The number of nitrogens with zero attached hydrogens (tertiary/aromatic N) is 1. The Bertz CT molecular complexity index is 95.0. The van der Waals surface area contributed by atoms with Gasteiger partial charge in [-0.05, 0) is 6.42 Å². The van der Waals surface area contributed by atoms with Crippen molar-refractivity contribution in [3.63, 3.8) is 0 Å². The second kappa shape index (κ2) is 4.14. The number of amides is 2. The number of urea groups is 1. The Balaban J connectivity index is 3.54. The minimum absolute atomic E-state index is 0.542. The lowest BCUT2D eigenvalue weighted by Gasteiger charge is -2.14. The van der Waals surface area contributed by atoms with Crippen LogP contribution >= 0.6 is 0 Å². The Kier molecular flexibility index (Phi) is 3.79. The van der Waals surface area contributed by atoms with E-state index in [1.54, 1.807) is 0 Å². The molecule has 0 heterocycles. The minimum atomic E-state index is -0.542. The average Bonchev–Trinajstić information content (AvgIpc) is 1.82. The second-order valence-electron chi connectivity index (χ2n) is 1.62. The highest BCUT2D eigenvalue weighted by Gasteiger charge is 2.04. The Hall–Kier alpha value is -0.770. The zero-order valence-corrected chi connectivity index (χ0v) is 5.76. The molecule has 0 saturated carbocycles. The van der Waals surface area contributed by atoms with Crippen LogP contribution in [-0.2, 0) is 4.84 Å². The second-order valence-corrected chi connectivity index (χ2v) is 1.62. The van der Waals surface area contributed by atoms with Crippen molar-refractivity contribution in [1.29, 1.82) is 0 Å². The van der Waals surface area contributed by atoms with Gasteiger partial charge >= 0.3 is 6.03 Å². The lowest BCUT2D eigenvalue weighted by molar-refractivity contribution is -0.0829. The van der Waals surface area contributed by atoms with Crippen LogP contribution in [-0.4, -0.2) is 24.7 Å². The Morgan fingerprint density at radius 1 is 1.78 bits per heavy atom. The van der Waals surface area contributed by atoms with Gasteiger partial charge in [0.1, 0.15) is 0 Å².